The van der Waals surface area contributed by atoms with Gasteiger partial charge in [-0.3, -0.25) is 14.9 Å². The molecule has 1 heterocycles. The molecular formula is C7H2ClF2IN2O3. The fourth-order valence-electron chi connectivity index (χ4n) is 1.04. The molecule has 5 nitrogen and oxygen atoms in total. The zero-order valence-electron chi connectivity index (χ0n) is 7.29. The third-order valence-electron chi connectivity index (χ3n) is 1.66. The normalized spacial score (nSPS) is 10.6. The molecule has 0 bridgehead atoms. The molecule has 1 aromatic heterocycles. The standard InChI is InChI=1S/C7H2ClF2IN2O3/c8-5(14)3-2(13(15)16)1-12-7(11)4(3)6(9)10/h1,6H. The van der Waals surface area contributed by atoms with Crippen LogP contribution in [0.5, 0.6) is 0 Å². The lowest BCUT2D eigenvalue weighted by Gasteiger charge is -2.06. The molecule has 0 aliphatic heterocycles. The van der Waals surface area contributed by atoms with Crippen LogP contribution >= 0.6 is 34.2 Å². The Kier molecular flexibility index (Phi) is 4.08. The average Bonchev–Trinajstić information content (AvgIpc) is 2.15. The molecular weight excluding hydrogens is 360 g/mol. The Balaban J connectivity index is 3.63. The second-order valence-corrected chi connectivity index (χ2v) is 3.92. The van der Waals surface area contributed by atoms with Crippen molar-refractivity contribution in [2.24, 2.45) is 0 Å². The van der Waals surface area contributed by atoms with Crippen molar-refractivity contribution in [3.63, 3.8) is 0 Å². The lowest BCUT2D eigenvalue weighted by Crippen LogP contribution is -2.08. The van der Waals surface area contributed by atoms with E-state index in [4.69, 9.17) is 11.6 Å². The van der Waals surface area contributed by atoms with Crippen LogP contribution < -0.4 is 0 Å². The summed E-state index contributed by atoms with van der Waals surface area (Å²) in [6.07, 6.45) is -2.33. The number of halogens is 4. The average molecular weight is 362 g/mol. The number of carbonyl (C=O) groups excluding carboxylic acids is 1. The Bertz CT molecular complexity index is 469. The third kappa shape index (κ3) is 2.43. The second-order valence-electron chi connectivity index (χ2n) is 2.55. The summed E-state index contributed by atoms with van der Waals surface area (Å²) in [7, 11) is 0. The van der Waals surface area contributed by atoms with Crippen LogP contribution in [0.1, 0.15) is 22.3 Å². The maximum Gasteiger partial charge on any atom is 0.300 e. The second kappa shape index (κ2) is 4.95. The van der Waals surface area contributed by atoms with E-state index in [1.807, 2.05) is 0 Å². The van der Waals surface area contributed by atoms with Crippen molar-refractivity contribution < 1.29 is 18.5 Å². The van der Waals surface area contributed by atoms with Crippen LogP contribution in [0.4, 0.5) is 14.5 Å². The molecule has 0 fully saturated rings. The van der Waals surface area contributed by atoms with Crippen LogP contribution in [0.25, 0.3) is 0 Å². The van der Waals surface area contributed by atoms with Gasteiger partial charge in [0.2, 0.25) is 0 Å². The van der Waals surface area contributed by atoms with Gasteiger partial charge < -0.3 is 0 Å². The van der Waals surface area contributed by atoms with E-state index in [9.17, 15) is 23.7 Å². The highest BCUT2D eigenvalue weighted by molar-refractivity contribution is 14.1. The molecule has 1 rings (SSSR count). The van der Waals surface area contributed by atoms with Gasteiger partial charge in [0.05, 0.1) is 10.5 Å². The highest BCUT2D eigenvalue weighted by atomic mass is 127. The molecule has 0 aliphatic rings. The van der Waals surface area contributed by atoms with Crippen molar-refractivity contribution in [1.82, 2.24) is 4.98 Å². The third-order valence-corrected chi connectivity index (χ3v) is 2.71. The number of hydrogen-bond acceptors (Lipinski definition) is 4. The topological polar surface area (TPSA) is 73.1 Å². The first-order chi connectivity index (χ1) is 7.36. The van der Waals surface area contributed by atoms with Gasteiger partial charge in [0.1, 0.15) is 15.5 Å². The quantitative estimate of drug-likeness (QED) is 0.272. The lowest BCUT2D eigenvalue weighted by atomic mass is 10.1. The van der Waals surface area contributed by atoms with E-state index < -0.39 is 33.4 Å². The molecule has 16 heavy (non-hydrogen) atoms. The first kappa shape index (κ1) is 13.2. The monoisotopic (exact) mass is 362 g/mol. The molecule has 0 amide bonds. The maximum atomic E-state index is 12.6. The highest BCUT2D eigenvalue weighted by Crippen LogP contribution is 2.33. The van der Waals surface area contributed by atoms with Crippen molar-refractivity contribution in [2.45, 2.75) is 6.43 Å². The van der Waals surface area contributed by atoms with Gasteiger partial charge in [-0.1, -0.05) is 0 Å². The molecule has 0 aromatic carbocycles. The summed E-state index contributed by atoms with van der Waals surface area (Å²) in [5.41, 5.74) is -2.44. The van der Waals surface area contributed by atoms with Gasteiger partial charge in [0, 0.05) is 0 Å². The zero-order chi connectivity index (χ0) is 12.5. The Morgan fingerprint density at radius 3 is 2.56 bits per heavy atom. The van der Waals surface area contributed by atoms with Gasteiger partial charge in [-0.2, -0.15) is 0 Å². The van der Waals surface area contributed by atoms with E-state index in [1.165, 1.54) is 22.6 Å². The zero-order valence-corrected chi connectivity index (χ0v) is 10.2. The van der Waals surface area contributed by atoms with Crippen LogP contribution in [-0.2, 0) is 0 Å². The lowest BCUT2D eigenvalue weighted by molar-refractivity contribution is -0.385. The minimum absolute atomic E-state index is 0.192. The van der Waals surface area contributed by atoms with Gasteiger partial charge in [-0.25, -0.2) is 13.8 Å². The summed E-state index contributed by atoms with van der Waals surface area (Å²) in [4.78, 5) is 23.9. The molecule has 0 radical (unpaired) electrons. The first-order valence-electron chi connectivity index (χ1n) is 3.67. The van der Waals surface area contributed by atoms with E-state index in [1.54, 1.807) is 0 Å². The minimum Gasteiger partial charge on any atom is -0.275 e. The molecule has 1 aromatic rings. The van der Waals surface area contributed by atoms with Gasteiger partial charge in [-0.15, -0.1) is 0 Å². The predicted octanol–water partition coefficient (Wildman–Crippen LogP) is 2.91. The van der Waals surface area contributed by atoms with Crippen LogP contribution in [0, 0.1) is 13.8 Å². The largest absolute Gasteiger partial charge is 0.300 e. The van der Waals surface area contributed by atoms with Crippen LogP contribution in [0.15, 0.2) is 6.20 Å². The Morgan fingerprint density at radius 1 is 1.62 bits per heavy atom. The molecule has 0 saturated heterocycles. The SMILES string of the molecule is O=C(Cl)c1c([N+](=O)[O-])cnc(I)c1C(F)F. The maximum absolute atomic E-state index is 12.6. The van der Waals surface area contributed by atoms with E-state index >= 15 is 0 Å². The number of nitrogens with zero attached hydrogens (tertiary/aromatic N) is 2. The van der Waals surface area contributed by atoms with E-state index in [-0.39, 0.29) is 3.70 Å². The number of aromatic nitrogens is 1. The number of alkyl halides is 2. The first-order valence-corrected chi connectivity index (χ1v) is 5.12. The van der Waals surface area contributed by atoms with Crippen LogP contribution in [-0.4, -0.2) is 15.1 Å². The molecule has 0 saturated carbocycles. The minimum atomic E-state index is -3.06. The molecule has 0 spiro atoms. The van der Waals surface area contributed by atoms with Crippen molar-refractivity contribution in [1.29, 1.82) is 0 Å². The fraction of sp³-hybridized carbons (Fsp3) is 0.143. The number of carbonyl (C=O) groups is 1. The molecule has 0 unspecified atom stereocenters. The molecule has 0 atom stereocenters. The van der Waals surface area contributed by atoms with E-state index in [0.29, 0.717) is 0 Å². The predicted molar refractivity (Wildman–Crippen MR) is 58.7 cm³/mol. The molecule has 9 heteroatoms. The summed E-state index contributed by atoms with van der Waals surface area (Å²) in [5.74, 6) is 0. The van der Waals surface area contributed by atoms with Gasteiger partial charge in [-0.05, 0) is 34.2 Å². The van der Waals surface area contributed by atoms with Crippen molar-refractivity contribution in [3.8, 4) is 0 Å². The molecule has 0 N–H and O–H groups in total. The van der Waals surface area contributed by atoms with Crippen molar-refractivity contribution >= 4 is 45.1 Å². The smallest absolute Gasteiger partial charge is 0.275 e. The summed E-state index contributed by atoms with van der Waals surface area (Å²) < 4.78 is 25.0. The number of nitro groups is 1. The Hall–Kier alpha value is -0.900. The van der Waals surface area contributed by atoms with Gasteiger partial charge >= 0.3 is 0 Å². The Morgan fingerprint density at radius 2 is 2.19 bits per heavy atom. The fourth-order valence-corrected chi connectivity index (χ4v) is 1.88. The van der Waals surface area contributed by atoms with Crippen LogP contribution in [0.3, 0.4) is 0 Å². The highest BCUT2D eigenvalue weighted by Gasteiger charge is 2.30. The van der Waals surface area contributed by atoms with Gasteiger partial charge in [0.15, 0.2) is 0 Å². The van der Waals surface area contributed by atoms with Crippen LogP contribution in [0.2, 0.25) is 0 Å². The number of hydrogen-bond donors (Lipinski definition) is 0. The summed E-state index contributed by atoms with van der Waals surface area (Å²) >= 11 is 6.52. The number of rotatable bonds is 3. The molecule has 0 aliphatic carbocycles. The number of pyridine rings is 1. The van der Waals surface area contributed by atoms with E-state index in [2.05, 4.69) is 4.98 Å². The van der Waals surface area contributed by atoms with Crippen molar-refractivity contribution in [3.05, 3.63) is 31.1 Å². The molecule has 86 valence electrons. The van der Waals surface area contributed by atoms with Crippen molar-refractivity contribution in [2.75, 3.05) is 0 Å². The Labute approximate surface area is 106 Å². The summed E-state index contributed by atoms with van der Waals surface area (Å²) in [5, 5.41) is 9.22. The van der Waals surface area contributed by atoms with E-state index in [0.717, 1.165) is 6.20 Å². The summed E-state index contributed by atoms with van der Waals surface area (Å²) in [6, 6.07) is 0. The summed E-state index contributed by atoms with van der Waals surface area (Å²) in [6.45, 7) is 0. The van der Waals surface area contributed by atoms with Gasteiger partial charge in [0.25, 0.3) is 17.4 Å².